The Balaban J connectivity index is 1.50. The second-order valence-corrected chi connectivity index (χ2v) is 11.9. The number of sulfonamides is 1. The van der Waals surface area contributed by atoms with E-state index in [4.69, 9.17) is 38.4 Å². The number of nitrogens with zero attached hydrogens (tertiary/aromatic N) is 3. The predicted molar refractivity (Wildman–Crippen MR) is 150 cm³/mol. The minimum atomic E-state index is -4.25. The van der Waals surface area contributed by atoms with Crippen LogP contribution in [0.5, 0.6) is 11.5 Å². The van der Waals surface area contributed by atoms with E-state index in [1.54, 1.807) is 32.0 Å². The number of hydrogen-bond acceptors (Lipinski definition) is 6. The summed E-state index contributed by atoms with van der Waals surface area (Å²) in [5, 5.41) is 5.27. The molecule has 1 aliphatic heterocycles. The van der Waals surface area contributed by atoms with Gasteiger partial charge in [0, 0.05) is 32.3 Å². The zero-order chi connectivity index (χ0) is 27.0. The molecule has 38 heavy (non-hydrogen) atoms. The highest BCUT2D eigenvalue weighted by molar-refractivity contribution is 7.99. The molecular weight excluding hydrogens is 567 g/mol. The standard InChI is InChI=1S/C26H22Cl2N4O4S2/c1-15-8-25(24(12-19(15)27)37-13-18-10-22-23(11-20(18)28)36-14-35-22)38(33,34)31-26(29)32-21(9-16(2)30-32)17-6-4-3-5-7-17/h3-12H,13-14H2,1-2H3,(H2,29,31). The van der Waals surface area contributed by atoms with Gasteiger partial charge in [-0.3, -0.25) is 0 Å². The van der Waals surface area contributed by atoms with E-state index in [1.165, 1.54) is 22.5 Å². The van der Waals surface area contributed by atoms with Gasteiger partial charge in [-0.25, -0.2) is 0 Å². The van der Waals surface area contributed by atoms with E-state index in [1.807, 2.05) is 36.4 Å². The minimum Gasteiger partial charge on any atom is -0.454 e. The third-order valence-electron chi connectivity index (χ3n) is 5.76. The van der Waals surface area contributed by atoms with Crippen molar-refractivity contribution in [2.45, 2.75) is 29.4 Å². The van der Waals surface area contributed by atoms with Crippen LogP contribution in [0.25, 0.3) is 11.3 Å². The Morgan fingerprint density at radius 1 is 1.05 bits per heavy atom. The second kappa shape index (κ2) is 10.5. The molecule has 0 aliphatic carbocycles. The molecule has 0 saturated carbocycles. The Kier molecular flexibility index (Phi) is 7.32. The van der Waals surface area contributed by atoms with E-state index in [0.717, 1.165) is 11.1 Å². The summed E-state index contributed by atoms with van der Waals surface area (Å²) in [6, 6.07) is 17.8. The van der Waals surface area contributed by atoms with Crippen LogP contribution < -0.4 is 15.2 Å². The van der Waals surface area contributed by atoms with Crippen LogP contribution in [0, 0.1) is 13.8 Å². The van der Waals surface area contributed by atoms with Crippen molar-refractivity contribution in [2.24, 2.45) is 10.1 Å². The first-order valence-corrected chi connectivity index (χ1v) is 14.5. The van der Waals surface area contributed by atoms with E-state index < -0.39 is 10.0 Å². The monoisotopic (exact) mass is 588 g/mol. The van der Waals surface area contributed by atoms with E-state index >= 15 is 0 Å². The first-order valence-electron chi connectivity index (χ1n) is 11.4. The van der Waals surface area contributed by atoms with Gasteiger partial charge in [-0.2, -0.15) is 18.2 Å². The number of nitrogens with two attached hydrogens (primary N) is 1. The Bertz CT molecular complexity index is 1670. The van der Waals surface area contributed by atoms with Crippen molar-refractivity contribution in [3.63, 3.8) is 0 Å². The van der Waals surface area contributed by atoms with Gasteiger partial charge in [-0.1, -0.05) is 53.5 Å². The molecule has 196 valence electrons. The van der Waals surface area contributed by atoms with Crippen LogP contribution >= 0.6 is 35.0 Å². The normalized spacial score (nSPS) is 13.2. The van der Waals surface area contributed by atoms with Gasteiger partial charge in [0.05, 0.1) is 11.4 Å². The Hall–Kier alpha value is -3.18. The molecule has 1 aromatic heterocycles. The highest BCUT2D eigenvalue weighted by Gasteiger charge is 2.23. The fourth-order valence-corrected chi connectivity index (χ4v) is 6.91. The van der Waals surface area contributed by atoms with E-state index in [0.29, 0.717) is 49.1 Å². The number of fused-ring (bicyclic) bond motifs is 1. The van der Waals surface area contributed by atoms with Crippen LogP contribution in [0.3, 0.4) is 0 Å². The van der Waals surface area contributed by atoms with Crippen molar-refractivity contribution in [1.29, 1.82) is 0 Å². The molecule has 0 spiro atoms. The molecule has 0 atom stereocenters. The summed E-state index contributed by atoms with van der Waals surface area (Å²) < 4.78 is 43.2. The Labute approximate surface area is 234 Å². The number of aryl methyl sites for hydroxylation is 2. The molecule has 2 N–H and O–H groups in total. The highest BCUT2D eigenvalue weighted by Crippen LogP contribution is 2.40. The molecule has 5 rings (SSSR count). The fraction of sp³-hybridized carbons (Fsp3) is 0.154. The molecule has 12 heteroatoms. The van der Waals surface area contributed by atoms with Gasteiger partial charge in [-0.05, 0) is 49.2 Å². The molecule has 0 fully saturated rings. The first-order chi connectivity index (χ1) is 18.1. The van der Waals surface area contributed by atoms with Crippen LogP contribution in [-0.4, -0.2) is 31.0 Å². The van der Waals surface area contributed by atoms with Gasteiger partial charge in [0.1, 0.15) is 4.90 Å². The van der Waals surface area contributed by atoms with Crippen molar-refractivity contribution in [2.75, 3.05) is 6.79 Å². The number of halogens is 2. The summed E-state index contributed by atoms with van der Waals surface area (Å²) in [5.41, 5.74) is 9.67. The van der Waals surface area contributed by atoms with Gasteiger partial charge in [0.25, 0.3) is 10.0 Å². The average Bonchev–Trinajstić information content (AvgIpc) is 3.50. The van der Waals surface area contributed by atoms with E-state index in [2.05, 4.69) is 9.50 Å². The first kappa shape index (κ1) is 26.4. The number of ether oxygens (including phenoxy) is 2. The van der Waals surface area contributed by atoms with Crippen LogP contribution in [-0.2, 0) is 15.8 Å². The Morgan fingerprint density at radius 2 is 1.76 bits per heavy atom. The lowest BCUT2D eigenvalue weighted by molar-refractivity contribution is 0.174. The van der Waals surface area contributed by atoms with Crippen molar-refractivity contribution in [1.82, 2.24) is 9.78 Å². The maximum absolute atomic E-state index is 13.6. The fourth-order valence-electron chi connectivity index (χ4n) is 3.88. The molecular formula is C26H22Cl2N4O4S2. The van der Waals surface area contributed by atoms with Crippen molar-refractivity contribution >= 4 is 50.9 Å². The smallest absolute Gasteiger partial charge is 0.286 e. The van der Waals surface area contributed by atoms with E-state index in [9.17, 15) is 8.42 Å². The lowest BCUT2D eigenvalue weighted by Crippen LogP contribution is -2.26. The molecule has 1 aliphatic rings. The van der Waals surface area contributed by atoms with Crippen LogP contribution in [0.1, 0.15) is 16.8 Å². The molecule has 3 aromatic carbocycles. The maximum atomic E-state index is 13.6. The van der Waals surface area contributed by atoms with Crippen LogP contribution in [0.4, 0.5) is 0 Å². The zero-order valence-corrected chi connectivity index (χ0v) is 23.5. The minimum absolute atomic E-state index is 0.0191. The quantitative estimate of drug-likeness (QED) is 0.166. The molecule has 8 nitrogen and oxygen atoms in total. The summed E-state index contributed by atoms with van der Waals surface area (Å²) in [4.78, 5) is 0.389. The highest BCUT2D eigenvalue weighted by atomic mass is 35.5. The third kappa shape index (κ3) is 5.35. The number of thioether (sulfide) groups is 1. The number of aromatic nitrogens is 2. The molecule has 0 amide bonds. The summed E-state index contributed by atoms with van der Waals surface area (Å²) in [5.74, 6) is 1.23. The molecule has 2 heterocycles. The van der Waals surface area contributed by atoms with Crippen molar-refractivity contribution in [3.05, 3.63) is 87.5 Å². The van der Waals surface area contributed by atoms with E-state index in [-0.39, 0.29) is 17.6 Å². The van der Waals surface area contributed by atoms with Crippen molar-refractivity contribution < 1.29 is 17.9 Å². The third-order valence-corrected chi connectivity index (χ3v) is 9.07. The van der Waals surface area contributed by atoms with Crippen LogP contribution in [0.2, 0.25) is 10.0 Å². The SMILES string of the molecule is Cc1cc(-c2ccccc2)n(/C(N)=N/S(=O)(=O)c2cc(C)c(Cl)cc2SCc2cc3c(cc2Cl)OCO3)n1. The zero-order valence-electron chi connectivity index (χ0n) is 20.3. The van der Waals surface area contributed by atoms with Crippen LogP contribution in [0.15, 0.2) is 74.9 Å². The molecule has 0 unspecified atom stereocenters. The lowest BCUT2D eigenvalue weighted by Gasteiger charge is -2.12. The number of hydrogen-bond donors (Lipinski definition) is 1. The van der Waals surface area contributed by atoms with Gasteiger partial charge < -0.3 is 15.2 Å². The second-order valence-electron chi connectivity index (χ2n) is 8.51. The molecule has 0 radical (unpaired) electrons. The van der Waals surface area contributed by atoms with Gasteiger partial charge in [0.2, 0.25) is 12.8 Å². The molecule has 0 bridgehead atoms. The van der Waals surface area contributed by atoms with Gasteiger partial charge >= 0.3 is 0 Å². The predicted octanol–water partition coefficient (Wildman–Crippen LogP) is 6.05. The maximum Gasteiger partial charge on any atom is 0.286 e. The summed E-state index contributed by atoms with van der Waals surface area (Å²) in [6.07, 6.45) is 0. The Morgan fingerprint density at radius 3 is 2.50 bits per heavy atom. The summed E-state index contributed by atoms with van der Waals surface area (Å²) in [7, 11) is -4.25. The van der Waals surface area contributed by atoms with Crippen molar-refractivity contribution in [3.8, 4) is 22.8 Å². The molecule has 0 saturated heterocycles. The number of rotatable bonds is 6. The topological polar surface area (TPSA) is 109 Å². The molecule has 4 aromatic rings. The lowest BCUT2D eigenvalue weighted by atomic mass is 10.1. The largest absolute Gasteiger partial charge is 0.454 e. The summed E-state index contributed by atoms with van der Waals surface area (Å²) >= 11 is 14.1. The number of benzene rings is 3. The average molecular weight is 590 g/mol. The summed E-state index contributed by atoms with van der Waals surface area (Å²) in [6.45, 7) is 3.64. The van der Waals surface area contributed by atoms with Gasteiger partial charge in [0.15, 0.2) is 11.5 Å². The van der Waals surface area contributed by atoms with Gasteiger partial charge in [-0.15, -0.1) is 16.2 Å².